The summed E-state index contributed by atoms with van der Waals surface area (Å²) < 4.78 is 13.4. The maximum absolute atomic E-state index is 13.4. The van der Waals surface area contributed by atoms with Crippen LogP contribution in [0.2, 0.25) is 0 Å². The Balaban J connectivity index is 1.82. The van der Waals surface area contributed by atoms with Crippen molar-refractivity contribution in [3.63, 3.8) is 0 Å². The summed E-state index contributed by atoms with van der Waals surface area (Å²) in [5.41, 5.74) is 1.00. The molecule has 0 unspecified atom stereocenters. The van der Waals surface area contributed by atoms with Gasteiger partial charge in [-0.15, -0.1) is 0 Å². The van der Waals surface area contributed by atoms with Crippen LogP contribution in [0.4, 0.5) is 4.39 Å². The first-order valence-electron chi connectivity index (χ1n) is 5.94. The fourth-order valence-electron chi connectivity index (χ4n) is 1.65. The van der Waals surface area contributed by atoms with E-state index in [4.69, 9.17) is 0 Å². The Labute approximate surface area is 100 Å². The van der Waals surface area contributed by atoms with Crippen molar-refractivity contribution in [2.75, 3.05) is 13.1 Å². The first kappa shape index (κ1) is 12.0. The molecule has 0 spiro atoms. The molecule has 0 radical (unpaired) electrons. The van der Waals surface area contributed by atoms with Crippen LogP contribution in [-0.4, -0.2) is 25.0 Å². The van der Waals surface area contributed by atoms with Crippen LogP contribution in [0.5, 0.6) is 0 Å². The third kappa shape index (κ3) is 3.53. The van der Waals surface area contributed by atoms with Gasteiger partial charge in [-0.05, 0) is 31.9 Å². The molecule has 1 aromatic rings. The minimum absolute atomic E-state index is 0.122. The highest BCUT2D eigenvalue weighted by Crippen LogP contribution is 2.17. The zero-order chi connectivity index (χ0) is 12.3. The second kappa shape index (κ2) is 5.27. The number of benzene rings is 1. The summed E-state index contributed by atoms with van der Waals surface area (Å²) in [4.78, 5) is 11.7. The van der Waals surface area contributed by atoms with Gasteiger partial charge in [0.05, 0.1) is 5.56 Å². The Kier molecular flexibility index (Phi) is 3.74. The Morgan fingerprint density at radius 3 is 2.88 bits per heavy atom. The van der Waals surface area contributed by atoms with E-state index in [1.807, 2.05) is 6.92 Å². The Morgan fingerprint density at radius 2 is 2.18 bits per heavy atom. The molecule has 1 saturated carbocycles. The minimum atomic E-state index is -0.469. The van der Waals surface area contributed by atoms with Crippen molar-refractivity contribution in [2.45, 2.75) is 25.8 Å². The van der Waals surface area contributed by atoms with Crippen LogP contribution in [0.1, 0.15) is 28.8 Å². The quantitative estimate of drug-likeness (QED) is 0.763. The third-order valence-electron chi connectivity index (χ3n) is 2.79. The number of amides is 1. The molecule has 0 atom stereocenters. The fraction of sp³-hybridized carbons (Fsp3) is 0.462. The summed E-state index contributed by atoms with van der Waals surface area (Å²) >= 11 is 0. The average Bonchev–Trinajstić information content (AvgIpc) is 3.11. The van der Waals surface area contributed by atoms with Crippen molar-refractivity contribution < 1.29 is 9.18 Å². The largest absolute Gasteiger partial charge is 0.351 e. The first-order chi connectivity index (χ1) is 8.16. The molecule has 0 heterocycles. The third-order valence-corrected chi connectivity index (χ3v) is 2.79. The van der Waals surface area contributed by atoms with Gasteiger partial charge in [0.15, 0.2) is 0 Å². The number of halogens is 1. The van der Waals surface area contributed by atoms with Gasteiger partial charge in [-0.2, -0.15) is 0 Å². The maximum Gasteiger partial charge on any atom is 0.254 e. The average molecular weight is 236 g/mol. The molecule has 2 N–H and O–H groups in total. The van der Waals surface area contributed by atoms with Crippen molar-refractivity contribution >= 4 is 5.91 Å². The molecular weight excluding hydrogens is 219 g/mol. The molecule has 0 aliphatic heterocycles. The van der Waals surface area contributed by atoms with Gasteiger partial charge in [0.1, 0.15) is 5.82 Å². The van der Waals surface area contributed by atoms with Crippen molar-refractivity contribution in [1.29, 1.82) is 0 Å². The van der Waals surface area contributed by atoms with E-state index >= 15 is 0 Å². The van der Waals surface area contributed by atoms with Gasteiger partial charge >= 0.3 is 0 Å². The van der Waals surface area contributed by atoms with Crippen molar-refractivity contribution in [3.05, 3.63) is 35.1 Å². The van der Waals surface area contributed by atoms with Gasteiger partial charge in [-0.3, -0.25) is 4.79 Å². The van der Waals surface area contributed by atoms with Gasteiger partial charge in [0.25, 0.3) is 5.91 Å². The summed E-state index contributed by atoms with van der Waals surface area (Å²) in [7, 11) is 0. The number of aryl methyl sites for hydroxylation is 1. The molecule has 0 saturated heterocycles. The number of hydrogen-bond acceptors (Lipinski definition) is 2. The highest BCUT2D eigenvalue weighted by atomic mass is 19.1. The van der Waals surface area contributed by atoms with E-state index in [2.05, 4.69) is 10.6 Å². The van der Waals surface area contributed by atoms with E-state index in [1.165, 1.54) is 18.9 Å². The highest BCUT2D eigenvalue weighted by Gasteiger charge is 2.19. The van der Waals surface area contributed by atoms with Crippen LogP contribution in [0.25, 0.3) is 0 Å². The normalized spacial score (nSPS) is 14.7. The summed E-state index contributed by atoms with van der Waals surface area (Å²) in [6, 6.07) is 5.18. The van der Waals surface area contributed by atoms with Crippen molar-refractivity contribution in [3.8, 4) is 0 Å². The molecule has 3 nitrogen and oxygen atoms in total. The Bertz CT molecular complexity index is 416. The zero-order valence-corrected chi connectivity index (χ0v) is 9.92. The van der Waals surface area contributed by atoms with E-state index in [0.717, 1.165) is 12.1 Å². The lowest BCUT2D eigenvalue weighted by Gasteiger charge is -2.07. The number of nitrogens with one attached hydrogen (secondary N) is 2. The minimum Gasteiger partial charge on any atom is -0.351 e. The van der Waals surface area contributed by atoms with Gasteiger partial charge in [-0.25, -0.2) is 4.39 Å². The summed E-state index contributed by atoms with van der Waals surface area (Å²) in [6.45, 7) is 3.11. The van der Waals surface area contributed by atoms with Crippen molar-refractivity contribution in [1.82, 2.24) is 10.6 Å². The van der Waals surface area contributed by atoms with E-state index in [1.54, 1.807) is 12.1 Å². The van der Waals surface area contributed by atoms with Crippen LogP contribution in [-0.2, 0) is 0 Å². The van der Waals surface area contributed by atoms with E-state index in [0.29, 0.717) is 12.6 Å². The lowest BCUT2D eigenvalue weighted by Crippen LogP contribution is -2.33. The standard InChI is InChI=1S/C13H17FN2O/c1-9-2-5-12(14)11(8-9)13(17)16-7-6-15-10-3-4-10/h2,5,8,10,15H,3-4,6-7H2,1H3,(H,16,17). The van der Waals surface area contributed by atoms with Crippen molar-refractivity contribution in [2.24, 2.45) is 0 Å². The molecule has 1 fully saturated rings. The van der Waals surface area contributed by atoms with Crippen LogP contribution in [0, 0.1) is 12.7 Å². The Morgan fingerprint density at radius 1 is 1.41 bits per heavy atom. The maximum atomic E-state index is 13.4. The first-order valence-corrected chi connectivity index (χ1v) is 5.94. The molecule has 17 heavy (non-hydrogen) atoms. The lowest BCUT2D eigenvalue weighted by molar-refractivity contribution is 0.0949. The monoisotopic (exact) mass is 236 g/mol. The lowest BCUT2D eigenvalue weighted by atomic mass is 10.1. The van der Waals surface area contributed by atoms with E-state index in [9.17, 15) is 9.18 Å². The molecule has 0 aromatic heterocycles. The molecule has 0 bridgehead atoms. The molecular formula is C13H17FN2O. The topological polar surface area (TPSA) is 41.1 Å². The van der Waals surface area contributed by atoms with Crippen LogP contribution < -0.4 is 10.6 Å². The summed E-state index contributed by atoms with van der Waals surface area (Å²) in [5, 5.41) is 5.99. The smallest absolute Gasteiger partial charge is 0.254 e. The van der Waals surface area contributed by atoms with Gasteiger partial charge < -0.3 is 10.6 Å². The SMILES string of the molecule is Cc1ccc(F)c(C(=O)NCCNC2CC2)c1. The van der Waals surface area contributed by atoms with Crippen LogP contribution in [0.15, 0.2) is 18.2 Å². The van der Waals surface area contributed by atoms with Crippen LogP contribution in [0.3, 0.4) is 0 Å². The summed E-state index contributed by atoms with van der Waals surface area (Å²) in [6.07, 6.45) is 2.45. The van der Waals surface area contributed by atoms with E-state index in [-0.39, 0.29) is 11.5 Å². The molecule has 1 aliphatic rings. The molecule has 1 aliphatic carbocycles. The summed E-state index contributed by atoms with van der Waals surface area (Å²) in [5.74, 6) is -0.813. The van der Waals surface area contributed by atoms with Gasteiger partial charge in [0.2, 0.25) is 0 Å². The zero-order valence-electron chi connectivity index (χ0n) is 9.92. The highest BCUT2D eigenvalue weighted by molar-refractivity contribution is 5.94. The molecule has 1 amide bonds. The second-order valence-corrected chi connectivity index (χ2v) is 4.47. The second-order valence-electron chi connectivity index (χ2n) is 4.47. The predicted octanol–water partition coefficient (Wildman–Crippen LogP) is 1.62. The van der Waals surface area contributed by atoms with Gasteiger partial charge in [-0.1, -0.05) is 11.6 Å². The molecule has 4 heteroatoms. The molecule has 92 valence electrons. The Hall–Kier alpha value is -1.42. The fourth-order valence-corrected chi connectivity index (χ4v) is 1.65. The number of carbonyl (C=O) groups excluding carboxylic acids is 1. The van der Waals surface area contributed by atoms with Crippen LogP contribution >= 0.6 is 0 Å². The molecule has 2 rings (SSSR count). The van der Waals surface area contributed by atoms with Gasteiger partial charge in [0, 0.05) is 19.1 Å². The number of carbonyl (C=O) groups is 1. The predicted molar refractivity (Wildman–Crippen MR) is 64.5 cm³/mol. The number of hydrogen-bond donors (Lipinski definition) is 2. The molecule has 1 aromatic carbocycles. The number of rotatable bonds is 5. The van der Waals surface area contributed by atoms with E-state index < -0.39 is 5.82 Å².